The molecule has 1 aromatic heterocycles. The maximum absolute atomic E-state index is 12.2. The predicted octanol–water partition coefficient (Wildman–Crippen LogP) is 2.31. The Morgan fingerprint density at radius 1 is 1.50 bits per heavy atom. The Kier molecular flexibility index (Phi) is 3.35. The molecule has 0 bridgehead atoms. The second kappa shape index (κ2) is 4.97. The van der Waals surface area contributed by atoms with Crippen LogP contribution in [0.5, 0.6) is 0 Å². The summed E-state index contributed by atoms with van der Waals surface area (Å²) in [5.74, 6) is 0.784. The van der Waals surface area contributed by atoms with Crippen LogP contribution in [-0.4, -0.2) is 23.0 Å². The highest BCUT2D eigenvalue weighted by Gasteiger charge is 2.38. The van der Waals surface area contributed by atoms with Crippen LogP contribution in [0.2, 0.25) is 0 Å². The van der Waals surface area contributed by atoms with Crippen molar-refractivity contribution in [2.45, 2.75) is 51.1 Å². The summed E-state index contributed by atoms with van der Waals surface area (Å²) in [7, 11) is 0. The van der Waals surface area contributed by atoms with Crippen LogP contribution in [0.15, 0.2) is 6.20 Å². The number of aryl methyl sites for hydroxylation is 1. The Bertz CT molecular complexity index is 431. The summed E-state index contributed by atoms with van der Waals surface area (Å²) >= 11 is 1.53. The van der Waals surface area contributed by atoms with Gasteiger partial charge in [0, 0.05) is 17.1 Å². The van der Waals surface area contributed by atoms with E-state index >= 15 is 0 Å². The normalized spacial score (nSPS) is 31.1. The average Bonchev–Trinajstić information content (AvgIpc) is 2.95. The van der Waals surface area contributed by atoms with Gasteiger partial charge >= 0.3 is 0 Å². The first-order chi connectivity index (χ1) is 8.72. The summed E-state index contributed by atoms with van der Waals surface area (Å²) in [6, 6.07) is 0.537. The molecule has 0 aromatic carbocycles. The minimum absolute atomic E-state index is 0.0256. The van der Waals surface area contributed by atoms with Gasteiger partial charge in [-0.3, -0.25) is 4.79 Å². The second-order valence-corrected chi connectivity index (χ2v) is 6.61. The quantitative estimate of drug-likeness (QED) is 0.863. The van der Waals surface area contributed by atoms with Crippen LogP contribution in [0.25, 0.3) is 0 Å². The smallest absolute Gasteiger partial charge is 0.243 e. The minimum Gasteiger partial charge on any atom is -0.303 e. The number of carbonyl (C=O) groups is 1. The molecule has 1 saturated heterocycles. The van der Waals surface area contributed by atoms with Crippen molar-refractivity contribution in [2.24, 2.45) is 5.92 Å². The SMILES string of the molecule is Cc1cnc(NC(=O)C2CC3CCCCC3N2)s1. The van der Waals surface area contributed by atoms with Gasteiger partial charge in [-0.25, -0.2) is 4.98 Å². The highest BCUT2D eigenvalue weighted by atomic mass is 32.1. The molecule has 3 unspecified atom stereocenters. The van der Waals surface area contributed by atoms with Crippen molar-refractivity contribution in [2.75, 3.05) is 5.32 Å². The molecule has 18 heavy (non-hydrogen) atoms. The Hall–Kier alpha value is -0.940. The van der Waals surface area contributed by atoms with Gasteiger partial charge < -0.3 is 10.6 Å². The monoisotopic (exact) mass is 265 g/mol. The molecule has 98 valence electrons. The number of fused-ring (bicyclic) bond motifs is 1. The molecule has 0 spiro atoms. The van der Waals surface area contributed by atoms with Crippen molar-refractivity contribution >= 4 is 22.4 Å². The summed E-state index contributed by atoms with van der Waals surface area (Å²) in [6.45, 7) is 2.00. The molecule has 2 N–H and O–H groups in total. The van der Waals surface area contributed by atoms with E-state index < -0.39 is 0 Å². The van der Waals surface area contributed by atoms with Crippen molar-refractivity contribution in [3.05, 3.63) is 11.1 Å². The molecule has 4 nitrogen and oxygen atoms in total. The molecule has 2 heterocycles. The third kappa shape index (κ3) is 2.42. The Morgan fingerprint density at radius 2 is 2.33 bits per heavy atom. The number of aromatic nitrogens is 1. The van der Waals surface area contributed by atoms with E-state index in [1.807, 2.05) is 6.92 Å². The van der Waals surface area contributed by atoms with E-state index in [-0.39, 0.29) is 11.9 Å². The molecule has 1 saturated carbocycles. The van der Waals surface area contributed by atoms with Gasteiger partial charge in [-0.05, 0) is 32.1 Å². The summed E-state index contributed by atoms with van der Waals surface area (Å²) in [5, 5.41) is 7.12. The van der Waals surface area contributed by atoms with Crippen LogP contribution in [0.4, 0.5) is 5.13 Å². The lowest BCUT2D eigenvalue weighted by Crippen LogP contribution is -2.39. The second-order valence-electron chi connectivity index (χ2n) is 5.37. The van der Waals surface area contributed by atoms with Gasteiger partial charge in [0.2, 0.25) is 5.91 Å². The van der Waals surface area contributed by atoms with Crippen molar-refractivity contribution < 1.29 is 4.79 Å². The number of carbonyl (C=O) groups excluding carboxylic acids is 1. The zero-order valence-corrected chi connectivity index (χ0v) is 11.4. The first-order valence-electron chi connectivity index (χ1n) is 6.72. The van der Waals surface area contributed by atoms with E-state index in [0.717, 1.165) is 11.3 Å². The summed E-state index contributed by atoms with van der Waals surface area (Å²) < 4.78 is 0. The van der Waals surface area contributed by atoms with E-state index in [1.54, 1.807) is 6.20 Å². The minimum atomic E-state index is -0.0256. The van der Waals surface area contributed by atoms with Crippen LogP contribution in [0.3, 0.4) is 0 Å². The van der Waals surface area contributed by atoms with Crippen LogP contribution in [0, 0.1) is 12.8 Å². The predicted molar refractivity (Wildman–Crippen MR) is 72.8 cm³/mol. The Morgan fingerprint density at radius 3 is 3.06 bits per heavy atom. The zero-order chi connectivity index (χ0) is 12.5. The third-order valence-corrected chi connectivity index (χ3v) is 4.86. The van der Waals surface area contributed by atoms with E-state index in [9.17, 15) is 4.79 Å². The van der Waals surface area contributed by atoms with Gasteiger partial charge in [-0.1, -0.05) is 12.8 Å². The summed E-state index contributed by atoms with van der Waals surface area (Å²) in [4.78, 5) is 17.5. The Labute approximate surface area is 111 Å². The van der Waals surface area contributed by atoms with Crippen LogP contribution < -0.4 is 10.6 Å². The van der Waals surface area contributed by atoms with E-state index in [1.165, 1.54) is 37.0 Å². The van der Waals surface area contributed by atoms with E-state index in [2.05, 4.69) is 15.6 Å². The molecule has 1 aliphatic carbocycles. The molecule has 2 aliphatic rings. The van der Waals surface area contributed by atoms with Gasteiger partial charge in [0.25, 0.3) is 0 Å². The van der Waals surface area contributed by atoms with Crippen molar-refractivity contribution in [3.63, 3.8) is 0 Å². The lowest BCUT2D eigenvalue weighted by atomic mass is 9.85. The van der Waals surface area contributed by atoms with Gasteiger partial charge in [0.1, 0.15) is 0 Å². The molecule has 3 rings (SSSR count). The lowest BCUT2D eigenvalue weighted by molar-refractivity contribution is -0.117. The molecular weight excluding hydrogens is 246 g/mol. The molecule has 2 fully saturated rings. The number of rotatable bonds is 2. The van der Waals surface area contributed by atoms with Crippen LogP contribution in [-0.2, 0) is 4.79 Å². The van der Waals surface area contributed by atoms with E-state index in [0.29, 0.717) is 17.1 Å². The lowest BCUT2D eigenvalue weighted by Gasteiger charge is -2.24. The molecule has 3 atom stereocenters. The van der Waals surface area contributed by atoms with Crippen molar-refractivity contribution in [1.82, 2.24) is 10.3 Å². The van der Waals surface area contributed by atoms with Gasteiger partial charge in [-0.15, -0.1) is 11.3 Å². The number of thiazole rings is 1. The summed E-state index contributed by atoms with van der Waals surface area (Å²) in [6.07, 6.45) is 7.91. The molecule has 1 aromatic rings. The average molecular weight is 265 g/mol. The van der Waals surface area contributed by atoms with Crippen molar-refractivity contribution in [3.8, 4) is 0 Å². The fraction of sp³-hybridized carbons (Fsp3) is 0.692. The Balaban J connectivity index is 1.60. The fourth-order valence-corrected chi connectivity index (χ4v) is 3.79. The van der Waals surface area contributed by atoms with Crippen molar-refractivity contribution in [1.29, 1.82) is 0 Å². The maximum atomic E-state index is 12.2. The number of nitrogens with one attached hydrogen (secondary N) is 2. The van der Waals surface area contributed by atoms with Crippen LogP contribution in [0.1, 0.15) is 37.0 Å². The topological polar surface area (TPSA) is 54.0 Å². The first kappa shape index (κ1) is 12.1. The number of hydrogen-bond donors (Lipinski definition) is 2. The largest absolute Gasteiger partial charge is 0.303 e. The number of amides is 1. The maximum Gasteiger partial charge on any atom is 0.243 e. The molecular formula is C13H19N3OS. The number of hydrogen-bond acceptors (Lipinski definition) is 4. The highest BCUT2D eigenvalue weighted by molar-refractivity contribution is 7.15. The molecule has 5 heteroatoms. The third-order valence-electron chi connectivity index (χ3n) is 4.03. The molecule has 0 radical (unpaired) electrons. The van der Waals surface area contributed by atoms with Gasteiger partial charge in [0.05, 0.1) is 6.04 Å². The van der Waals surface area contributed by atoms with E-state index in [4.69, 9.17) is 0 Å². The molecule has 1 amide bonds. The number of nitrogens with zero attached hydrogens (tertiary/aromatic N) is 1. The standard InChI is InChI=1S/C13H19N3OS/c1-8-7-14-13(18-8)16-12(17)11-6-9-4-2-3-5-10(9)15-11/h7,9-11,15H,2-6H2,1H3,(H,14,16,17). The highest BCUT2D eigenvalue weighted by Crippen LogP contribution is 2.33. The first-order valence-corrected chi connectivity index (χ1v) is 7.53. The number of anilines is 1. The van der Waals surface area contributed by atoms with Gasteiger partial charge in [-0.2, -0.15) is 0 Å². The van der Waals surface area contributed by atoms with Gasteiger partial charge in [0.15, 0.2) is 5.13 Å². The molecule has 1 aliphatic heterocycles. The summed E-state index contributed by atoms with van der Waals surface area (Å²) in [5.41, 5.74) is 0. The van der Waals surface area contributed by atoms with Crippen LogP contribution >= 0.6 is 11.3 Å². The fourth-order valence-electron chi connectivity index (χ4n) is 3.13. The zero-order valence-electron chi connectivity index (χ0n) is 10.6.